The van der Waals surface area contributed by atoms with Gasteiger partial charge in [-0.2, -0.15) is 26.3 Å². The maximum Gasteiger partial charge on any atom is 0.389 e. The van der Waals surface area contributed by atoms with Crippen LogP contribution in [0.1, 0.15) is 73.1 Å². The van der Waals surface area contributed by atoms with Crippen molar-refractivity contribution in [3.8, 4) is 0 Å². The summed E-state index contributed by atoms with van der Waals surface area (Å²) in [4.78, 5) is 38.0. The highest BCUT2D eigenvalue weighted by Crippen LogP contribution is 2.42. The van der Waals surface area contributed by atoms with Crippen LogP contribution in [0.3, 0.4) is 0 Å². The second-order valence-electron chi connectivity index (χ2n) is 12.1. The van der Waals surface area contributed by atoms with E-state index in [0.717, 1.165) is 0 Å². The third kappa shape index (κ3) is 13.9. The Morgan fingerprint density at radius 2 is 1.36 bits per heavy atom. The number of esters is 2. The molecule has 0 spiro atoms. The molecule has 1 unspecified atom stereocenters. The van der Waals surface area contributed by atoms with Crippen LogP contribution in [0, 0.1) is 0 Å². The van der Waals surface area contributed by atoms with Crippen molar-refractivity contribution >= 4 is 36.4 Å². The number of nitrogens with two attached hydrogens (primary N) is 1. The molecule has 0 fully saturated rings. The molecule has 2 heterocycles. The van der Waals surface area contributed by atoms with Crippen LogP contribution in [0.2, 0.25) is 0 Å². The van der Waals surface area contributed by atoms with Gasteiger partial charge in [-0.05, 0) is 60.3 Å². The second kappa shape index (κ2) is 16.4. The Kier molecular flexibility index (Phi) is 14.0. The number of ether oxygens (including phenoxy) is 3. The van der Waals surface area contributed by atoms with Crippen LogP contribution in [-0.4, -0.2) is 80.6 Å². The number of carbonyl (C=O) groups is 2. The Bertz CT molecular complexity index is 1330. The Labute approximate surface area is 268 Å². The van der Waals surface area contributed by atoms with Gasteiger partial charge in [-0.1, -0.05) is 0 Å². The second-order valence-corrected chi connectivity index (χ2v) is 14.2. The zero-order valence-electron chi connectivity index (χ0n) is 26.8. The van der Waals surface area contributed by atoms with Crippen molar-refractivity contribution in [2.45, 2.75) is 109 Å². The topological polar surface area (TPSA) is 173 Å². The standard InChI is InChI=1S/C27H42F6N7O6P/c1-18(14-40-16-37-19-20(34)35-15-36-21(19)40)46-17-47(43,38-24(2,3)22(41)44-12-8-6-10-26(28,29)30)39-25(4,5)23(42)45-13-9-7-11-27(31,32)33/h15-16,18H,6-14,17H2,1-5H3,(H2,34,35,36)(H2,38,39,43). The van der Waals surface area contributed by atoms with E-state index in [2.05, 4.69) is 25.1 Å². The molecule has 20 heteroatoms. The molecule has 47 heavy (non-hydrogen) atoms. The highest BCUT2D eigenvalue weighted by atomic mass is 31.2. The number of hydrogen-bond donors (Lipinski definition) is 3. The molecule has 268 valence electrons. The van der Waals surface area contributed by atoms with Crippen molar-refractivity contribution < 1.29 is 54.7 Å². The molecule has 2 aromatic rings. The largest absolute Gasteiger partial charge is 0.464 e. The molecular formula is C27H42F6N7O6P. The fraction of sp³-hybridized carbons (Fsp3) is 0.741. The number of aromatic nitrogens is 4. The number of anilines is 1. The first kappa shape index (κ1) is 40.2. The van der Waals surface area contributed by atoms with Gasteiger partial charge in [0, 0.05) is 12.8 Å². The molecule has 0 saturated heterocycles. The van der Waals surface area contributed by atoms with E-state index < -0.39 is 68.1 Å². The zero-order chi connectivity index (χ0) is 35.7. The first-order valence-corrected chi connectivity index (χ1v) is 16.6. The average Bonchev–Trinajstić information content (AvgIpc) is 3.33. The predicted octanol–water partition coefficient (Wildman–Crippen LogP) is 5.25. The Balaban J connectivity index is 2.14. The van der Waals surface area contributed by atoms with Gasteiger partial charge in [-0.15, -0.1) is 0 Å². The minimum absolute atomic E-state index is 0.0563. The molecule has 0 aliphatic heterocycles. The van der Waals surface area contributed by atoms with Gasteiger partial charge in [-0.25, -0.2) is 25.1 Å². The quantitative estimate of drug-likeness (QED) is 0.0751. The molecule has 4 N–H and O–H groups in total. The van der Waals surface area contributed by atoms with Crippen LogP contribution >= 0.6 is 7.44 Å². The molecule has 0 saturated carbocycles. The Hall–Kier alpha value is -3.02. The zero-order valence-corrected chi connectivity index (χ0v) is 27.7. The minimum Gasteiger partial charge on any atom is -0.464 e. The first-order chi connectivity index (χ1) is 21.5. The lowest BCUT2D eigenvalue weighted by Crippen LogP contribution is -2.54. The lowest BCUT2D eigenvalue weighted by atomic mass is 10.1. The maximum atomic E-state index is 14.3. The smallest absolute Gasteiger partial charge is 0.389 e. The Morgan fingerprint density at radius 3 is 1.83 bits per heavy atom. The van der Waals surface area contributed by atoms with E-state index in [0.29, 0.717) is 11.2 Å². The lowest BCUT2D eigenvalue weighted by Gasteiger charge is -2.35. The summed E-state index contributed by atoms with van der Waals surface area (Å²) in [6.45, 7) is 6.51. The van der Waals surface area contributed by atoms with E-state index in [1.54, 1.807) is 11.5 Å². The number of alkyl halides is 6. The van der Waals surface area contributed by atoms with Crippen LogP contribution < -0.4 is 15.9 Å². The number of rotatable bonds is 19. The van der Waals surface area contributed by atoms with Gasteiger partial charge in [0.2, 0.25) is 7.44 Å². The number of nitrogens with one attached hydrogen (secondary N) is 2. The molecular weight excluding hydrogens is 663 g/mol. The Morgan fingerprint density at radius 1 is 0.872 bits per heavy atom. The summed E-state index contributed by atoms with van der Waals surface area (Å²) < 4.78 is 107. The third-order valence-electron chi connectivity index (χ3n) is 6.54. The molecule has 0 aliphatic carbocycles. The molecule has 2 aromatic heterocycles. The summed E-state index contributed by atoms with van der Waals surface area (Å²) in [6, 6.07) is 0. The molecule has 13 nitrogen and oxygen atoms in total. The van der Waals surface area contributed by atoms with E-state index in [4.69, 9.17) is 19.9 Å². The number of imidazole rings is 1. The van der Waals surface area contributed by atoms with Gasteiger partial charge in [0.25, 0.3) is 0 Å². The van der Waals surface area contributed by atoms with Gasteiger partial charge in [-0.3, -0.25) is 14.2 Å². The lowest BCUT2D eigenvalue weighted by molar-refractivity contribution is -0.151. The van der Waals surface area contributed by atoms with Crippen LogP contribution in [0.25, 0.3) is 11.2 Å². The van der Waals surface area contributed by atoms with Crippen LogP contribution in [0.4, 0.5) is 32.2 Å². The number of fused-ring (bicyclic) bond motifs is 1. The summed E-state index contributed by atoms with van der Waals surface area (Å²) in [5, 5.41) is 5.33. The van der Waals surface area contributed by atoms with E-state index in [1.165, 1.54) is 40.3 Å². The van der Waals surface area contributed by atoms with E-state index >= 15 is 0 Å². The van der Waals surface area contributed by atoms with Gasteiger partial charge >= 0.3 is 24.3 Å². The normalized spacial score (nSPS) is 13.9. The van der Waals surface area contributed by atoms with Crippen LogP contribution in [0.15, 0.2) is 12.7 Å². The highest BCUT2D eigenvalue weighted by Gasteiger charge is 2.43. The van der Waals surface area contributed by atoms with E-state index in [9.17, 15) is 40.5 Å². The molecule has 1 atom stereocenters. The minimum atomic E-state index is -4.34. The van der Waals surface area contributed by atoms with Gasteiger partial charge in [0.15, 0.2) is 11.5 Å². The van der Waals surface area contributed by atoms with Crippen LogP contribution in [-0.2, 0) is 34.9 Å². The summed E-state index contributed by atoms with van der Waals surface area (Å²) >= 11 is 0. The molecule has 0 radical (unpaired) electrons. The van der Waals surface area contributed by atoms with Gasteiger partial charge in [0.05, 0.1) is 32.2 Å². The fourth-order valence-electron chi connectivity index (χ4n) is 4.23. The number of halogens is 6. The molecule has 0 bridgehead atoms. The van der Waals surface area contributed by atoms with Gasteiger partial charge < -0.3 is 24.5 Å². The van der Waals surface area contributed by atoms with Crippen molar-refractivity contribution in [3.63, 3.8) is 0 Å². The number of nitrogens with zero attached hydrogens (tertiary/aromatic N) is 4. The summed E-state index contributed by atoms with van der Waals surface area (Å²) in [7, 11) is -4.10. The summed E-state index contributed by atoms with van der Waals surface area (Å²) in [5.41, 5.74) is 3.24. The predicted molar refractivity (Wildman–Crippen MR) is 159 cm³/mol. The number of hydrogen-bond acceptors (Lipinski definition) is 10. The average molecular weight is 706 g/mol. The number of nitrogen functional groups attached to an aromatic ring is 1. The van der Waals surface area contributed by atoms with E-state index in [1.807, 2.05) is 0 Å². The van der Waals surface area contributed by atoms with Crippen molar-refractivity contribution in [2.75, 3.05) is 25.3 Å². The molecule has 0 aliphatic rings. The highest BCUT2D eigenvalue weighted by molar-refractivity contribution is 7.59. The first-order valence-electron chi connectivity index (χ1n) is 14.7. The van der Waals surface area contributed by atoms with Crippen molar-refractivity contribution in [1.82, 2.24) is 29.7 Å². The third-order valence-corrected chi connectivity index (χ3v) is 8.89. The fourth-order valence-corrected chi connectivity index (χ4v) is 6.86. The van der Waals surface area contributed by atoms with Crippen LogP contribution in [0.5, 0.6) is 0 Å². The van der Waals surface area contributed by atoms with Crippen molar-refractivity contribution in [2.24, 2.45) is 0 Å². The number of carbonyl (C=O) groups excluding carboxylic acids is 2. The number of unbranched alkanes of at least 4 members (excludes halogenated alkanes) is 2. The van der Waals surface area contributed by atoms with Crippen molar-refractivity contribution in [3.05, 3.63) is 12.7 Å². The van der Waals surface area contributed by atoms with E-state index in [-0.39, 0.29) is 51.3 Å². The molecule has 0 amide bonds. The maximum absolute atomic E-state index is 14.3. The molecule has 2 rings (SSSR count). The monoisotopic (exact) mass is 705 g/mol. The SMILES string of the molecule is CC(Cn1cnc2c(N)ncnc21)OCP(=O)(NC(C)(C)C(=O)OCCCCC(F)(F)F)NC(C)(C)C(=O)OCCCCC(F)(F)F. The van der Waals surface area contributed by atoms with Crippen molar-refractivity contribution in [1.29, 1.82) is 0 Å². The summed E-state index contributed by atoms with van der Waals surface area (Å²) in [5.74, 6) is -1.68. The molecule has 0 aromatic carbocycles. The summed E-state index contributed by atoms with van der Waals surface area (Å²) in [6.07, 6.45) is -9.89. The van der Waals surface area contributed by atoms with Gasteiger partial charge in [0.1, 0.15) is 29.3 Å².